The first-order valence-corrected chi connectivity index (χ1v) is 9.79. The maximum Gasteiger partial charge on any atom is 0.324 e. The standard InChI is InChI=1S/C19H19FN4O2S/c1-14-2-4-15(5-3-14)18-21-19(26-22-18)23-10-12-24(13-11-23)27(25)17-8-6-16(20)7-9-17/h2-9H,10-13H2,1H3. The van der Waals surface area contributed by atoms with Crippen molar-refractivity contribution in [3.63, 3.8) is 0 Å². The van der Waals surface area contributed by atoms with Gasteiger partial charge in [-0.25, -0.2) is 12.9 Å². The molecule has 0 saturated carbocycles. The van der Waals surface area contributed by atoms with Gasteiger partial charge in [0.05, 0.1) is 4.90 Å². The first-order valence-electron chi connectivity index (χ1n) is 8.68. The van der Waals surface area contributed by atoms with Gasteiger partial charge in [0.2, 0.25) is 5.82 Å². The second kappa shape index (κ2) is 7.58. The number of nitrogens with zero attached hydrogens (tertiary/aromatic N) is 4. The molecule has 2 heterocycles. The fourth-order valence-corrected chi connectivity index (χ4v) is 4.07. The van der Waals surface area contributed by atoms with Crippen LogP contribution in [0.15, 0.2) is 57.9 Å². The van der Waals surface area contributed by atoms with E-state index in [1.165, 1.54) is 17.7 Å². The molecule has 1 aliphatic heterocycles. The molecule has 1 aromatic heterocycles. The normalized spacial score (nSPS) is 16.4. The van der Waals surface area contributed by atoms with Crippen LogP contribution < -0.4 is 4.90 Å². The van der Waals surface area contributed by atoms with Gasteiger partial charge in [0.1, 0.15) is 16.8 Å². The van der Waals surface area contributed by atoms with Crippen molar-refractivity contribution in [2.75, 3.05) is 31.1 Å². The number of aromatic nitrogens is 2. The summed E-state index contributed by atoms with van der Waals surface area (Å²) in [6, 6.07) is 14.2. The van der Waals surface area contributed by atoms with Crippen LogP contribution in [0.3, 0.4) is 0 Å². The maximum atomic E-state index is 13.0. The monoisotopic (exact) mass is 386 g/mol. The second-order valence-corrected chi connectivity index (χ2v) is 7.87. The van der Waals surface area contributed by atoms with E-state index in [4.69, 9.17) is 4.52 Å². The van der Waals surface area contributed by atoms with Gasteiger partial charge in [0.25, 0.3) is 0 Å². The number of hydrogen-bond acceptors (Lipinski definition) is 5. The zero-order valence-electron chi connectivity index (χ0n) is 14.8. The lowest BCUT2D eigenvalue weighted by Crippen LogP contribution is -2.47. The number of aryl methyl sites for hydroxylation is 1. The number of anilines is 1. The van der Waals surface area contributed by atoms with E-state index < -0.39 is 11.0 Å². The summed E-state index contributed by atoms with van der Waals surface area (Å²) in [5, 5.41) is 4.06. The summed E-state index contributed by atoms with van der Waals surface area (Å²) in [7, 11) is -1.30. The Kier molecular flexibility index (Phi) is 5.00. The summed E-state index contributed by atoms with van der Waals surface area (Å²) < 4.78 is 32.9. The summed E-state index contributed by atoms with van der Waals surface area (Å²) >= 11 is 0. The third kappa shape index (κ3) is 3.91. The zero-order chi connectivity index (χ0) is 18.8. The Morgan fingerprint density at radius 3 is 2.33 bits per heavy atom. The Bertz CT molecular complexity index is 935. The summed E-state index contributed by atoms with van der Waals surface area (Å²) in [5.41, 5.74) is 2.08. The summed E-state index contributed by atoms with van der Waals surface area (Å²) in [4.78, 5) is 7.07. The molecule has 27 heavy (non-hydrogen) atoms. The lowest BCUT2D eigenvalue weighted by atomic mass is 10.1. The minimum atomic E-state index is -1.30. The van der Waals surface area contributed by atoms with Crippen molar-refractivity contribution in [2.24, 2.45) is 0 Å². The van der Waals surface area contributed by atoms with Crippen LogP contribution in [0.2, 0.25) is 0 Å². The Balaban J connectivity index is 1.40. The molecular weight excluding hydrogens is 367 g/mol. The summed E-state index contributed by atoms with van der Waals surface area (Å²) in [6.07, 6.45) is 0. The third-order valence-electron chi connectivity index (χ3n) is 4.48. The van der Waals surface area contributed by atoms with Crippen LogP contribution in [-0.2, 0) is 11.0 Å². The first-order chi connectivity index (χ1) is 13.1. The van der Waals surface area contributed by atoms with Gasteiger partial charge in [0.15, 0.2) is 0 Å². The van der Waals surface area contributed by atoms with Gasteiger partial charge in [0, 0.05) is 31.7 Å². The highest BCUT2D eigenvalue weighted by Crippen LogP contribution is 2.22. The van der Waals surface area contributed by atoms with Gasteiger partial charge < -0.3 is 9.42 Å². The van der Waals surface area contributed by atoms with Gasteiger partial charge in [-0.15, -0.1) is 0 Å². The quantitative estimate of drug-likeness (QED) is 0.690. The Labute approximate surface area is 159 Å². The van der Waals surface area contributed by atoms with Crippen molar-refractivity contribution in [1.29, 1.82) is 0 Å². The molecule has 6 nitrogen and oxygen atoms in total. The van der Waals surface area contributed by atoms with Gasteiger partial charge in [-0.1, -0.05) is 35.0 Å². The van der Waals surface area contributed by atoms with E-state index in [1.807, 2.05) is 40.4 Å². The minimum absolute atomic E-state index is 0.332. The van der Waals surface area contributed by atoms with Crippen molar-refractivity contribution >= 4 is 17.0 Å². The molecule has 1 atom stereocenters. The molecule has 0 bridgehead atoms. The van der Waals surface area contributed by atoms with E-state index in [0.29, 0.717) is 42.9 Å². The average Bonchev–Trinajstić information content (AvgIpc) is 3.19. The maximum absolute atomic E-state index is 13.0. The molecular formula is C19H19FN4O2S. The van der Waals surface area contributed by atoms with Crippen molar-refractivity contribution in [1.82, 2.24) is 14.4 Å². The summed E-state index contributed by atoms with van der Waals surface area (Å²) in [5.74, 6) is 0.226. The van der Waals surface area contributed by atoms with E-state index in [0.717, 1.165) is 5.56 Å². The molecule has 0 radical (unpaired) electrons. The molecule has 0 amide bonds. The molecule has 4 rings (SSSR count). The van der Waals surface area contributed by atoms with Crippen molar-refractivity contribution in [2.45, 2.75) is 11.8 Å². The van der Waals surface area contributed by atoms with Crippen LogP contribution in [0.5, 0.6) is 0 Å². The smallest absolute Gasteiger partial charge is 0.322 e. The molecule has 1 unspecified atom stereocenters. The van der Waals surface area contributed by atoms with Crippen LogP contribution >= 0.6 is 0 Å². The number of halogens is 1. The topological polar surface area (TPSA) is 62.5 Å². The van der Waals surface area contributed by atoms with Crippen molar-refractivity contribution in [3.05, 3.63) is 59.9 Å². The van der Waals surface area contributed by atoms with Gasteiger partial charge in [-0.2, -0.15) is 4.98 Å². The molecule has 3 aromatic rings. The van der Waals surface area contributed by atoms with Gasteiger partial charge in [-0.05, 0) is 31.2 Å². The predicted molar refractivity (Wildman–Crippen MR) is 101 cm³/mol. The molecule has 0 spiro atoms. The highest BCUT2D eigenvalue weighted by Gasteiger charge is 2.25. The second-order valence-electron chi connectivity index (χ2n) is 6.39. The average molecular weight is 386 g/mol. The van der Waals surface area contributed by atoms with Crippen LogP contribution in [0, 0.1) is 12.7 Å². The number of rotatable bonds is 4. The number of piperazine rings is 1. The largest absolute Gasteiger partial charge is 0.324 e. The van der Waals surface area contributed by atoms with E-state index in [-0.39, 0.29) is 5.82 Å². The molecule has 1 saturated heterocycles. The zero-order valence-corrected chi connectivity index (χ0v) is 15.7. The Morgan fingerprint density at radius 2 is 1.67 bits per heavy atom. The Morgan fingerprint density at radius 1 is 1.00 bits per heavy atom. The molecule has 8 heteroatoms. The number of hydrogen-bond donors (Lipinski definition) is 0. The fraction of sp³-hybridized carbons (Fsp3) is 0.263. The summed E-state index contributed by atoms with van der Waals surface area (Å²) in [6.45, 7) is 4.46. The molecule has 1 fully saturated rings. The van der Waals surface area contributed by atoms with Gasteiger partial charge >= 0.3 is 6.01 Å². The highest BCUT2D eigenvalue weighted by molar-refractivity contribution is 7.82. The lowest BCUT2D eigenvalue weighted by molar-refractivity contribution is 0.367. The lowest BCUT2D eigenvalue weighted by Gasteiger charge is -2.32. The van der Waals surface area contributed by atoms with Crippen molar-refractivity contribution < 1.29 is 13.1 Å². The van der Waals surface area contributed by atoms with E-state index >= 15 is 0 Å². The first kappa shape index (κ1) is 17.8. The minimum Gasteiger partial charge on any atom is -0.322 e. The highest BCUT2D eigenvalue weighted by atomic mass is 32.2. The molecule has 2 aromatic carbocycles. The molecule has 140 valence electrons. The van der Waals surface area contributed by atoms with E-state index in [9.17, 15) is 8.60 Å². The number of benzene rings is 2. The predicted octanol–water partition coefficient (Wildman–Crippen LogP) is 3.03. The van der Waals surface area contributed by atoms with Gasteiger partial charge in [-0.3, -0.25) is 0 Å². The van der Waals surface area contributed by atoms with Crippen molar-refractivity contribution in [3.8, 4) is 11.4 Å². The van der Waals surface area contributed by atoms with Crippen LogP contribution in [0.1, 0.15) is 5.56 Å². The van der Waals surface area contributed by atoms with Crippen LogP contribution in [0.25, 0.3) is 11.4 Å². The van der Waals surface area contributed by atoms with Crippen LogP contribution in [-0.4, -0.2) is 44.8 Å². The van der Waals surface area contributed by atoms with E-state index in [2.05, 4.69) is 10.1 Å². The van der Waals surface area contributed by atoms with Crippen LogP contribution in [0.4, 0.5) is 10.4 Å². The Hall–Kier alpha value is -2.58. The third-order valence-corrected chi connectivity index (χ3v) is 5.99. The fourth-order valence-electron chi connectivity index (χ4n) is 2.91. The SMILES string of the molecule is Cc1ccc(-c2noc(N3CCN(S(=O)c4ccc(F)cc4)CC3)n2)cc1. The molecule has 1 aliphatic rings. The molecule has 0 aliphatic carbocycles. The molecule has 0 N–H and O–H groups in total. The van der Waals surface area contributed by atoms with E-state index in [1.54, 1.807) is 12.1 Å².